The standard InChI is InChI=1S/C16H15N7O2S/c1-25-14-10-13(2-3-15(14)26(24)19-9-6-17)16-20-22-23(21-16)11-12-4-7-18-8-5-12/h2-5,7-8,10,19H,9,11H2,1H3. The summed E-state index contributed by atoms with van der Waals surface area (Å²) in [4.78, 5) is 5.90. The molecule has 0 radical (unpaired) electrons. The molecule has 3 rings (SSSR count). The van der Waals surface area contributed by atoms with E-state index in [1.165, 1.54) is 11.9 Å². The molecule has 0 bridgehead atoms. The number of nitriles is 1. The van der Waals surface area contributed by atoms with Gasteiger partial charge in [0.2, 0.25) is 5.82 Å². The zero-order valence-electron chi connectivity index (χ0n) is 13.9. The van der Waals surface area contributed by atoms with E-state index in [-0.39, 0.29) is 6.54 Å². The third-order valence-electron chi connectivity index (χ3n) is 3.43. The predicted molar refractivity (Wildman–Crippen MR) is 93.2 cm³/mol. The van der Waals surface area contributed by atoms with Gasteiger partial charge in [0.1, 0.15) is 16.7 Å². The quantitative estimate of drug-likeness (QED) is 0.615. The van der Waals surface area contributed by atoms with E-state index >= 15 is 0 Å². The minimum absolute atomic E-state index is 0.0254. The minimum atomic E-state index is -1.55. The van der Waals surface area contributed by atoms with Gasteiger partial charge in [0.05, 0.1) is 31.2 Å². The molecule has 0 amide bonds. The molecule has 1 atom stereocenters. The Hall–Kier alpha value is -3.16. The number of tetrazole rings is 1. The number of nitrogens with one attached hydrogen (secondary N) is 1. The molecule has 0 aliphatic rings. The van der Waals surface area contributed by atoms with Gasteiger partial charge in [0, 0.05) is 18.0 Å². The van der Waals surface area contributed by atoms with Gasteiger partial charge in [-0.25, -0.2) is 8.93 Å². The summed E-state index contributed by atoms with van der Waals surface area (Å²) in [5, 5.41) is 21.0. The fraction of sp³-hybridized carbons (Fsp3) is 0.188. The minimum Gasteiger partial charge on any atom is -0.495 e. The van der Waals surface area contributed by atoms with E-state index in [0.29, 0.717) is 28.6 Å². The van der Waals surface area contributed by atoms with Crippen LogP contribution in [0.25, 0.3) is 11.4 Å². The van der Waals surface area contributed by atoms with Gasteiger partial charge in [-0.3, -0.25) is 4.98 Å². The van der Waals surface area contributed by atoms with Crippen LogP contribution in [0, 0.1) is 11.3 Å². The first-order valence-electron chi connectivity index (χ1n) is 7.58. The molecule has 2 heterocycles. The molecule has 0 saturated carbocycles. The van der Waals surface area contributed by atoms with E-state index in [2.05, 4.69) is 25.1 Å². The predicted octanol–water partition coefficient (Wildman–Crippen LogP) is 0.928. The van der Waals surface area contributed by atoms with Crippen LogP contribution in [0.5, 0.6) is 5.75 Å². The van der Waals surface area contributed by atoms with Crippen LogP contribution in [-0.2, 0) is 17.5 Å². The van der Waals surface area contributed by atoms with Gasteiger partial charge in [0.15, 0.2) is 0 Å². The van der Waals surface area contributed by atoms with Crippen LogP contribution in [0.15, 0.2) is 47.6 Å². The van der Waals surface area contributed by atoms with E-state index in [4.69, 9.17) is 10.00 Å². The van der Waals surface area contributed by atoms with Crippen LogP contribution in [0.4, 0.5) is 0 Å². The normalized spacial score (nSPS) is 11.7. The Kier molecular flexibility index (Phi) is 5.62. The summed E-state index contributed by atoms with van der Waals surface area (Å²) in [5.74, 6) is 0.844. The van der Waals surface area contributed by atoms with Crippen LogP contribution in [0.1, 0.15) is 5.56 Å². The van der Waals surface area contributed by atoms with Crippen LogP contribution in [-0.4, -0.2) is 43.1 Å². The molecule has 0 aliphatic carbocycles. The summed E-state index contributed by atoms with van der Waals surface area (Å²) in [7, 11) is -0.0618. The molecule has 0 saturated heterocycles. The summed E-state index contributed by atoms with van der Waals surface area (Å²) >= 11 is 0. The Morgan fingerprint density at radius 2 is 2.12 bits per heavy atom. The molecule has 1 aromatic carbocycles. The van der Waals surface area contributed by atoms with Crippen LogP contribution < -0.4 is 9.46 Å². The second-order valence-electron chi connectivity index (χ2n) is 5.11. The lowest BCUT2D eigenvalue weighted by atomic mass is 10.2. The van der Waals surface area contributed by atoms with Gasteiger partial charge >= 0.3 is 0 Å². The van der Waals surface area contributed by atoms with E-state index in [1.807, 2.05) is 18.2 Å². The number of rotatable bonds is 7. The maximum absolute atomic E-state index is 12.2. The highest BCUT2D eigenvalue weighted by Crippen LogP contribution is 2.27. The average molecular weight is 369 g/mol. The second-order valence-corrected chi connectivity index (χ2v) is 6.38. The molecule has 3 aromatic rings. The Labute approximate surface area is 152 Å². The Balaban J connectivity index is 1.81. The highest BCUT2D eigenvalue weighted by Gasteiger charge is 2.14. The van der Waals surface area contributed by atoms with Gasteiger partial charge in [-0.1, -0.05) is 0 Å². The van der Waals surface area contributed by atoms with E-state index in [0.717, 1.165) is 5.56 Å². The van der Waals surface area contributed by atoms with E-state index in [1.54, 1.807) is 30.6 Å². The summed E-state index contributed by atoms with van der Waals surface area (Å²) in [6, 6.07) is 10.7. The number of ether oxygens (including phenoxy) is 1. The number of hydrogen-bond acceptors (Lipinski definition) is 7. The van der Waals surface area contributed by atoms with Crippen molar-refractivity contribution in [2.45, 2.75) is 11.4 Å². The molecule has 1 N–H and O–H groups in total. The monoisotopic (exact) mass is 369 g/mol. The largest absolute Gasteiger partial charge is 0.495 e. The zero-order chi connectivity index (χ0) is 18.4. The molecular formula is C16H15N7O2S. The van der Waals surface area contributed by atoms with E-state index in [9.17, 15) is 4.21 Å². The van der Waals surface area contributed by atoms with Crippen molar-refractivity contribution in [1.29, 1.82) is 5.26 Å². The number of methoxy groups -OCH3 is 1. The second kappa shape index (κ2) is 8.28. The van der Waals surface area contributed by atoms with Crippen molar-refractivity contribution in [2.24, 2.45) is 0 Å². The summed E-state index contributed by atoms with van der Waals surface area (Å²) in [6.07, 6.45) is 3.41. The van der Waals surface area contributed by atoms with Crippen molar-refractivity contribution in [1.82, 2.24) is 29.9 Å². The lowest BCUT2D eigenvalue weighted by Crippen LogP contribution is -2.17. The molecule has 2 aromatic heterocycles. The van der Waals surface area contributed by atoms with Crippen molar-refractivity contribution < 1.29 is 8.95 Å². The van der Waals surface area contributed by atoms with Gasteiger partial charge in [0.25, 0.3) is 0 Å². The van der Waals surface area contributed by atoms with Crippen molar-refractivity contribution in [2.75, 3.05) is 13.7 Å². The average Bonchev–Trinajstić information content (AvgIpc) is 3.14. The fourth-order valence-electron chi connectivity index (χ4n) is 2.21. The Morgan fingerprint density at radius 1 is 1.31 bits per heavy atom. The molecule has 0 spiro atoms. The molecule has 9 nitrogen and oxygen atoms in total. The SMILES string of the molecule is COc1cc(-c2nnn(Cc3ccncc3)n2)ccc1S(=O)NCC#N. The number of pyridine rings is 1. The molecule has 1 unspecified atom stereocenters. The maximum Gasteiger partial charge on any atom is 0.205 e. The van der Waals surface area contributed by atoms with Gasteiger partial charge in [-0.15, -0.1) is 10.2 Å². The summed E-state index contributed by atoms with van der Waals surface area (Å²) in [5.41, 5.74) is 1.69. The molecule has 0 aliphatic heterocycles. The lowest BCUT2D eigenvalue weighted by Gasteiger charge is -2.08. The maximum atomic E-state index is 12.2. The van der Waals surface area contributed by atoms with Crippen LogP contribution in [0.2, 0.25) is 0 Å². The van der Waals surface area contributed by atoms with Crippen molar-refractivity contribution >= 4 is 11.0 Å². The van der Waals surface area contributed by atoms with Gasteiger partial charge < -0.3 is 4.74 Å². The zero-order valence-corrected chi connectivity index (χ0v) is 14.7. The summed E-state index contributed by atoms with van der Waals surface area (Å²) in [6.45, 7) is 0.454. The van der Waals surface area contributed by atoms with Crippen LogP contribution >= 0.6 is 0 Å². The first-order chi connectivity index (χ1) is 12.7. The molecule has 0 fully saturated rings. The third-order valence-corrected chi connectivity index (χ3v) is 4.57. The smallest absolute Gasteiger partial charge is 0.205 e. The Bertz CT molecular complexity index is 953. The number of hydrogen-bond donors (Lipinski definition) is 1. The molecule has 10 heteroatoms. The van der Waals surface area contributed by atoms with Crippen molar-refractivity contribution in [3.63, 3.8) is 0 Å². The molecular weight excluding hydrogens is 354 g/mol. The van der Waals surface area contributed by atoms with Gasteiger partial charge in [-0.05, 0) is 41.1 Å². The highest BCUT2D eigenvalue weighted by atomic mass is 32.2. The topological polar surface area (TPSA) is 119 Å². The first-order valence-corrected chi connectivity index (χ1v) is 8.73. The van der Waals surface area contributed by atoms with Crippen LogP contribution in [0.3, 0.4) is 0 Å². The van der Waals surface area contributed by atoms with E-state index < -0.39 is 11.0 Å². The number of benzene rings is 1. The Morgan fingerprint density at radius 3 is 2.85 bits per heavy atom. The van der Waals surface area contributed by atoms with Crippen molar-refractivity contribution in [3.8, 4) is 23.2 Å². The third kappa shape index (κ3) is 4.08. The molecule has 26 heavy (non-hydrogen) atoms. The fourth-order valence-corrected chi connectivity index (χ4v) is 3.08. The first kappa shape index (κ1) is 17.7. The van der Waals surface area contributed by atoms with Crippen molar-refractivity contribution in [3.05, 3.63) is 48.3 Å². The molecule has 132 valence electrons. The highest BCUT2D eigenvalue weighted by molar-refractivity contribution is 7.83. The summed E-state index contributed by atoms with van der Waals surface area (Å²) < 4.78 is 20.1. The number of aromatic nitrogens is 5. The lowest BCUT2D eigenvalue weighted by molar-refractivity contribution is 0.404. The number of nitrogens with zero attached hydrogens (tertiary/aromatic N) is 6. The van der Waals surface area contributed by atoms with Gasteiger partial charge in [-0.2, -0.15) is 10.1 Å².